The van der Waals surface area contributed by atoms with Crippen molar-refractivity contribution >= 4 is 15.7 Å². The van der Waals surface area contributed by atoms with Crippen molar-refractivity contribution in [3.63, 3.8) is 0 Å². The minimum atomic E-state index is -3.70. The number of likely N-dealkylation sites (N-methyl/N-ethyl adjacent to an activating group) is 1. The maximum absolute atomic E-state index is 12.4. The number of nitrogens with zero attached hydrogens (tertiary/aromatic N) is 2. The van der Waals surface area contributed by atoms with E-state index in [0.29, 0.717) is 12.2 Å². The van der Waals surface area contributed by atoms with Crippen molar-refractivity contribution in [3.05, 3.63) is 23.8 Å². The summed E-state index contributed by atoms with van der Waals surface area (Å²) in [5, 5.41) is 9.06. The molecule has 0 saturated carbocycles. The van der Waals surface area contributed by atoms with Gasteiger partial charge in [-0.15, -0.1) is 0 Å². The first-order valence-corrected chi connectivity index (χ1v) is 8.42. The minimum Gasteiger partial charge on any atom is -0.399 e. The summed E-state index contributed by atoms with van der Waals surface area (Å²) < 4.78 is 27.3. The van der Waals surface area contributed by atoms with Crippen LogP contribution in [-0.4, -0.2) is 39.5 Å². The Balaban J connectivity index is 2.14. The molecule has 1 unspecified atom stereocenters. The lowest BCUT2D eigenvalue weighted by molar-refractivity contribution is 0.187. The summed E-state index contributed by atoms with van der Waals surface area (Å²) in [5.41, 5.74) is 6.02. The van der Waals surface area contributed by atoms with Gasteiger partial charge in [-0.2, -0.15) is 5.26 Å². The monoisotopic (exact) mass is 308 g/mol. The average molecular weight is 308 g/mol. The Hall–Kier alpha value is -1.62. The van der Waals surface area contributed by atoms with Gasteiger partial charge < -0.3 is 10.6 Å². The molecule has 1 aliphatic heterocycles. The Morgan fingerprint density at radius 1 is 1.48 bits per heavy atom. The fraction of sp³-hybridized carbons (Fsp3) is 0.500. The van der Waals surface area contributed by atoms with Crippen LogP contribution >= 0.6 is 0 Å². The highest BCUT2D eigenvalue weighted by atomic mass is 32.2. The van der Waals surface area contributed by atoms with Crippen LogP contribution in [0, 0.1) is 11.3 Å². The number of sulfonamides is 1. The molecule has 1 aliphatic rings. The van der Waals surface area contributed by atoms with Crippen molar-refractivity contribution in [3.8, 4) is 6.07 Å². The fourth-order valence-electron chi connectivity index (χ4n) is 2.55. The second-order valence-electron chi connectivity index (χ2n) is 5.35. The number of piperidine rings is 1. The van der Waals surface area contributed by atoms with E-state index in [1.807, 2.05) is 13.1 Å². The molecule has 1 heterocycles. The molecular formula is C14H20N4O2S. The van der Waals surface area contributed by atoms with Gasteiger partial charge in [0.15, 0.2) is 0 Å². The summed E-state index contributed by atoms with van der Waals surface area (Å²) in [6.45, 7) is 1.34. The summed E-state index contributed by atoms with van der Waals surface area (Å²) in [6, 6.07) is 6.32. The third kappa shape index (κ3) is 3.73. The van der Waals surface area contributed by atoms with E-state index in [4.69, 9.17) is 11.0 Å². The van der Waals surface area contributed by atoms with Crippen LogP contribution in [0.1, 0.15) is 24.8 Å². The summed E-state index contributed by atoms with van der Waals surface area (Å²) >= 11 is 0. The molecule has 21 heavy (non-hydrogen) atoms. The first-order valence-electron chi connectivity index (χ1n) is 6.93. The summed E-state index contributed by atoms with van der Waals surface area (Å²) in [4.78, 5) is 2.15. The molecule has 2 rings (SSSR count). The van der Waals surface area contributed by atoms with E-state index in [-0.39, 0.29) is 16.5 Å². The Bertz CT molecular complexity index is 651. The van der Waals surface area contributed by atoms with Gasteiger partial charge >= 0.3 is 0 Å². The summed E-state index contributed by atoms with van der Waals surface area (Å²) in [6.07, 6.45) is 3.24. The van der Waals surface area contributed by atoms with Crippen molar-refractivity contribution in [2.24, 2.45) is 0 Å². The van der Waals surface area contributed by atoms with Gasteiger partial charge in [-0.05, 0) is 44.6 Å². The van der Waals surface area contributed by atoms with Crippen molar-refractivity contribution in [1.82, 2.24) is 9.62 Å². The Labute approximate surface area is 125 Å². The normalized spacial score (nSPS) is 20.1. The highest BCUT2D eigenvalue weighted by Gasteiger charge is 2.23. The van der Waals surface area contributed by atoms with Gasteiger partial charge in [0.2, 0.25) is 10.0 Å². The van der Waals surface area contributed by atoms with Crippen LogP contribution in [0.15, 0.2) is 23.1 Å². The predicted molar refractivity (Wildman–Crippen MR) is 81.0 cm³/mol. The average Bonchev–Trinajstić information content (AvgIpc) is 2.46. The molecule has 1 fully saturated rings. The van der Waals surface area contributed by atoms with Crippen LogP contribution in [0.5, 0.6) is 0 Å². The van der Waals surface area contributed by atoms with Crippen molar-refractivity contribution < 1.29 is 8.42 Å². The van der Waals surface area contributed by atoms with Gasteiger partial charge in [-0.25, -0.2) is 13.1 Å². The van der Waals surface area contributed by atoms with E-state index in [1.165, 1.54) is 18.2 Å². The highest BCUT2D eigenvalue weighted by molar-refractivity contribution is 7.89. The summed E-state index contributed by atoms with van der Waals surface area (Å²) in [5.74, 6) is 0. The zero-order valence-corrected chi connectivity index (χ0v) is 12.9. The molecule has 6 nitrogen and oxygen atoms in total. The molecule has 114 valence electrons. The molecule has 1 aromatic carbocycles. The van der Waals surface area contributed by atoms with E-state index in [0.717, 1.165) is 25.8 Å². The van der Waals surface area contributed by atoms with Gasteiger partial charge in [0.05, 0.1) is 10.5 Å². The van der Waals surface area contributed by atoms with Crippen LogP contribution in [0.2, 0.25) is 0 Å². The van der Waals surface area contributed by atoms with E-state index in [2.05, 4.69) is 9.62 Å². The number of hydrogen-bond donors (Lipinski definition) is 2. The van der Waals surface area contributed by atoms with E-state index < -0.39 is 10.0 Å². The topological polar surface area (TPSA) is 99.2 Å². The smallest absolute Gasteiger partial charge is 0.241 e. The van der Waals surface area contributed by atoms with Gasteiger partial charge in [-0.3, -0.25) is 0 Å². The first kappa shape index (κ1) is 15.8. The number of nitrogen functional groups attached to an aromatic ring is 1. The second kappa shape index (κ2) is 6.43. The standard InChI is InChI=1S/C14H20N4O2S/c1-18-7-3-2-4-13(18)10-17-21(19,20)14-6-5-12(16)8-11(14)9-15/h5-6,8,13,17H,2-4,7,10,16H2,1H3. The Kier molecular flexibility index (Phi) is 4.83. The van der Waals surface area contributed by atoms with Crippen LogP contribution in [0.3, 0.4) is 0 Å². The molecule has 0 bridgehead atoms. The maximum atomic E-state index is 12.4. The van der Waals surface area contributed by atoms with Crippen molar-refractivity contribution in [1.29, 1.82) is 5.26 Å². The lowest BCUT2D eigenvalue weighted by atomic mass is 10.0. The van der Waals surface area contributed by atoms with Crippen molar-refractivity contribution in [2.75, 3.05) is 25.9 Å². The van der Waals surface area contributed by atoms with Gasteiger partial charge in [0, 0.05) is 18.3 Å². The van der Waals surface area contributed by atoms with Gasteiger partial charge in [-0.1, -0.05) is 6.42 Å². The Morgan fingerprint density at radius 2 is 2.24 bits per heavy atom. The zero-order valence-electron chi connectivity index (χ0n) is 12.0. The lowest BCUT2D eigenvalue weighted by Crippen LogP contribution is -2.44. The van der Waals surface area contributed by atoms with Crippen molar-refractivity contribution in [2.45, 2.75) is 30.2 Å². The number of nitrogens with two attached hydrogens (primary N) is 1. The largest absolute Gasteiger partial charge is 0.399 e. The molecule has 0 spiro atoms. The molecule has 1 aromatic rings. The number of anilines is 1. The number of likely N-dealkylation sites (tertiary alicyclic amines) is 1. The number of benzene rings is 1. The third-order valence-electron chi connectivity index (χ3n) is 3.84. The molecule has 0 radical (unpaired) electrons. The number of nitriles is 1. The molecule has 0 amide bonds. The maximum Gasteiger partial charge on any atom is 0.241 e. The van der Waals surface area contributed by atoms with Crippen LogP contribution in [-0.2, 0) is 10.0 Å². The molecule has 0 aromatic heterocycles. The molecule has 3 N–H and O–H groups in total. The zero-order chi connectivity index (χ0) is 15.5. The molecule has 1 saturated heterocycles. The van der Waals surface area contributed by atoms with Gasteiger partial charge in [0.25, 0.3) is 0 Å². The lowest BCUT2D eigenvalue weighted by Gasteiger charge is -2.32. The predicted octanol–water partition coefficient (Wildman–Crippen LogP) is 0.903. The van der Waals surface area contributed by atoms with E-state index >= 15 is 0 Å². The third-order valence-corrected chi connectivity index (χ3v) is 5.33. The Morgan fingerprint density at radius 3 is 2.90 bits per heavy atom. The van der Waals surface area contributed by atoms with Crippen LogP contribution < -0.4 is 10.5 Å². The van der Waals surface area contributed by atoms with E-state index in [1.54, 1.807) is 0 Å². The highest BCUT2D eigenvalue weighted by Crippen LogP contribution is 2.19. The SMILES string of the molecule is CN1CCCCC1CNS(=O)(=O)c1ccc(N)cc1C#N. The fourth-order valence-corrected chi connectivity index (χ4v) is 3.76. The van der Waals surface area contributed by atoms with Crippen LogP contribution in [0.4, 0.5) is 5.69 Å². The van der Waals surface area contributed by atoms with E-state index in [9.17, 15) is 8.42 Å². The first-order chi connectivity index (χ1) is 9.94. The number of rotatable bonds is 4. The number of hydrogen-bond acceptors (Lipinski definition) is 5. The quantitative estimate of drug-likeness (QED) is 0.805. The molecule has 7 heteroatoms. The number of nitrogens with one attached hydrogen (secondary N) is 1. The van der Waals surface area contributed by atoms with Crippen LogP contribution in [0.25, 0.3) is 0 Å². The second-order valence-corrected chi connectivity index (χ2v) is 7.08. The molecule has 1 atom stereocenters. The summed E-state index contributed by atoms with van der Waals surface area (Å²) in [7, 11) is -1.70. The minimum absolute atomic E-state index is 0.0161. The molecule has 0 aliphatic carbocycles. The molecular weight excluding hydrogens is 288 g/mol. The van der Waals surface area contributed by atoms with Gasteiger partial charge in [0.1, 0.15) is 6.07 Å².